The number of aliphatic carboxylic acids is 2. The number of hydrogen-bond acceptors (Lipinski definition) is 9. The lowest BCUT2D eigenvalue weighted by molar-refractivity contribution is -0.140. The zero-order valence-electron chi connectivity index (χ0n) is 20.7. The maximum atomic E-state index is 11.6. The summed E-state index contributed by atoms with van der Waals surface area (Å²) >= 11 is 0. The van der Waals surface area contributed by atoms with Crippen molar-refractivity contribution in [1.29, 1.82) is 0 Å². The van der Waals surface area contributed by atoms with Gasteiger partial charge in [-0.3, -0.25) is 10.0 Å². The highest BCUT2D eigenvalue weighted by atomic mass is 16.6. The van der Waals surface area contributed by atoms with Crippen molar-refractivity contribution in [2.45, 2.75) is 51.3 Å². The van der Waals surface area contributed by atoms with Gasteiger partial charge in [0.15, 0.2) is 0 Å². The highest BCUT2D eigenvalue weighted by Crippen LogP contribution is 2.08. The van der Waals surface area contributed by atoms with Gasteiger partial charge in [0.05, 0.1) is 0 Å². The van der Waals surface area contributed by atoms with Crippen molar-refractivity contribution in [2.75, 3.05) is 0 Å². The lowest BCUT2D eigenvalue weighted by Crippen LogP contribution is -2.47. The van der Waals surface area contributed by atoms with Crippen LogP contribution in [0, 0.1) is 0 Å². The van der Waals surface area contributed by atoms with Gasteiger partial charge in [-0.05, 0) is 43.8 Å². The van der Waals surface area contributed by atoms with E-state index in [1.165, 1.54) is 12.1 Å². The molecule has 2 aromatic rings. The molecule has 0 saturated carbocycles. The van der Waals surface area contributed by atoms with E-state index in [4.69, 9.17) is 29.9 Å². The number of carbonyl (C=O) groups excluding carboxylic acids is 1. The molecule has 0 heterocycles. The minimum atomic E-state index is -1.82. The van der Waals surface area contributed by atoms with Crippen molar-refractivity contribution in [3.63, 3.8) is 0 Å². The van der Waals surface area contributed by atoms with Gasteiger partial charge in [0, 0.05) is 6.42 Å². The van der Waals surface area contributed by atoms with Crippen molar-refractivity contribution in [3.8, 4) is 0 Å². The van der Waals surface area contributed by atoms with Gasteiger partial charge >= 0.3 is 32.4 Å². The molecule has 0 aliphatic heterocycles. The van der Waals surface area contributed by atoms with Gasteiger partial charge in [-0.15, -0.1) is 0 Å². The molecular formula is C23H32B2N2O10. The Morgan fingerprint density at radius 3 is 1.73 bits per heavy atom. The monoisotopic (exact) mass is 517 g/mol. The molecule has 0 bridgehead atoms. The lowest BCUT2D eigenvalue weighted by atomic mass is 9.26. The number of nitrogens with one attached hydrogen (secondary N) is 2. The van der Waals surface area contributed by atoms with Crippen LogP contribution in [0.1, 0.15) is 31.9 Å². The standard InChI is InChI=1S/C14H20BNO6.C9H12BNO4/c1-14(2,3)22-13(19)16-11(12(17)18)8-9-4-6-10(7-5-9)15(20)21;12-9(13)8(11-10(14)15)6-7-4-2-1-3-5-7/h4-7,11,20-21H,8H2,1-3H3,(H,16,19)(H,17,18);1-5,8,11,14-15H,6H2,(H,12,13)/t11-;8-/m00/s1/i15-1;. The molecular weight excluding hydrogens is 485 g/mol. The predicted octanol–water partition coefficient (Wildman–Crippen LogP) is -0.872. The summed E-state index contributed by atoms with van der Waals surface area (Å²) < 4.78 is 5.03. The fourth-order valence-corrected chi connectivity index (χ4v) is 2.96. The van der Waals surface area contributed by atoms with E-state index >= 15 is 0 Å². The number of ether oxygens (including phenoxy) is 1. The molecule has 0 spiro atoms. The van der Waals surface area contributed by atoms with Crippen LogP contribution >= 0.6 is 0 Å². The summed E-state index contributed by atoms with van der Waals surface area (Å²) in [7, 11) is -3.40. The lowest BCUT2D eigenvalue weighted by Gasteiger charge is -2.22. The molecule has 0 saturated heterocycles. The smallest absolute Gasteiger partial charge is 0.480 e. The average molecular weight is 517 g/mol. The molecule has 14 heteroatoms. The number of amides is 1. The molecule has 2 rings (SSSR count). The van der Waals surface area contributed by atoms with Crippen LogP contribution in [0.2, 0.25) is 0 Å². The highest BCUT2D eigenvalue weighted by molar-refractivity contribution is 6.58. The second kappa shape index (κ2) is 15.0. The summed E-state index contributed by atoms with van der Waals surface area (Å²) in [6.45, 7) is 5.05. The van der Waals surface area contributed by atoms with E-state index in [1.807, 2.05) is 6.07 Å². The van der Waals surface area contributed by atoms with Gasteiger partial charge in [-0.2, -0.15) is 0 Å². The third kappa shape index (κ3) is 13.5. The predicted molar refractivity (Wildman–Crippen MR) is 136 cm³/mol. The summed E-state index contributed by atoms with van der Waals surface area (Å²) in [5, 5.41) is 57.7. The molecule has 200 valence electrons. The number of carboxylic acid groups (broad SMARTS) is 2. The number of carboxylic acids is 2. The van der Waals surface area contributed by atoms with Crippen molar-refractivity contribution in [2.24, 2.45) is 0 Å². The van der Waals surface area contributed by atoms with Crippen LogP contribution in [0.5, 0.6) is 0 Å². The van der Waals surface area contributed by atoms with E-state index in [9.17, 15) is 19.5 Å². The number of rotatable bonds is 10. The molecule has 0 radical (unpaired) electrons. The van der Waals surface area contributed by atoms with E-state index in [-0.39, 0.29) is 12.8 Å². The Labute approximate surface area is 215 Å². The fourth-order valence-electron chi connectivity index (χ4n) is 2.96. The molecule has 0 aromatic heterocycles. The topological polar surface area (TPSA) is 206 Å². The first kappa shape index (κ1) is 31.6. The average Bonchev–Trinajstić information content (AvgIpc) is 2.78. The molecule has 2 aromatic carbocycles. The molecule has 2 atom stereocenters. The van der Waals surface area contributed by atoms with Gasteiger partial charge in [0.2, 0.25) is 0 Å². The first-order valence-corrected chi connectivity index (χ1v) is 11.2. The SMILES string of the molecule is CC(C)(C)OC(=O)N[C@@H](Cc1ccc([10B](O)O)cc1)C(=O)O.O=C(O)[C@H](Cc1ccccc1)NB(O)O. The van der Waals surface area contributed by atoms with Crippen LogP contribution in [0.3, 0.4) is 0 Å². The fraction of sp³-hybridized carbons (Fsp3) is 0.348. The van der Waals surface area contributed by atoms with Crippen molar-refractivity contribution >= 4 is 37.9 Å². The quantitative estimate of drug-likeness (QED) is 0.182. The van der Waals surface area contributed by atoms with Crippen LogP contribution in [0.4, 0.5) is 4.79 Å². The third-order valence-corrected chi connectivity index (χ3v) is 4.64. The van der Waals surface area contributed by atoms with Crippen molar-refractivity contribution in [3.05, 3.63) is 65.7 Å². The second-order valence-corrected chi connectivity index (χ2v) is 8.98. The van der Waals surface area contributed by atoms with Crippen LogP contribution < -0.4 is 16.0 Å². The van der Waals surface area contributed by atoms with Crippen LogP contribution in [0.15, 0.2) is 54.6 Å². The summed E-state index contributed by atoms with van der Waals surface area (Å²) in [6.07, 6.45) is -0.549. The first-order valence-electron chi connectivity index (χ1n) is 11.2. The first-order chi connectivity index (χ1) is 17.2. The molecule has 12 nitrogen and oxygen atoms in total. The summed E-state index contributed by atoms with van der Waals surface area (Å²) in [6, 6.07) is 12.9. The molecule has 0 aliphatic rings. The van der Waals surface area contributed by atoms with Crippen molar-refractivity contribution < 1.29 is 49.4 Å². The number of benzene rings is 2. The minimum absolute atomic E-state index is 0.0520. The molecule has 37 heavy (non-hydrogen) atoms. The zero-order chi connectivity index (χ0) is 28.2. The van der Waals surface area contributed by atoms with Gasteiger partial charge in [0.1, 0.15) is 17.7 Å². The second-order valence-electron chi connectivity index (χ2n) is 8.98. The zero-order valence-corrected chi connectivity index (χ0v) is 20.7. The van der Waals surface area contributed by atoms with E-state index < -0.39 is 50.1 Å². The molecule has 0 fully saturated rings. The normalized spacial score (nSPS) is 12.3. The van der Waals surface area contributed by atoms with Crippen LogP contribution in [-0.4, -0.2) is 80.4 Å². The van der Waals surface area contributed by atoms with Crippen LogP contribution in [0.25, 0.3) is 0 Å². The maximum absolute atomic E-state index is 11.6. The van der Waals surface area contributed by atoms with E-state index in [2.05, 4.69) is 10.5 Å². The number of hydrogen-bond donors (Lipinski definition) is 8. The summed E-state index contributed by atoms with van der Waals surface area (Å²) in [5.74, 6) is -2.30. The summed E-state index contributed by atoms with van der Waals surface area (Å²) in [4.78, 5) is 33.6. The Morgan fingerprint density at radius 2 is 1.30 bits per heavy atom. The molecule has 0 aliphatic carbocycles. The Morgan fingerprint density at radius 1 is 0.811 bits per heavy atom. The van der Waals surface area contributed by atoms with E-state index in [0.717, 1.165) is 5.56 Å². The Balaban J connectivity index is 0.000000397. The number of carbonyl (C=O) groups is 3. The minimum Gasteiger partial charge on any atom is -0.480 e. The Bertz CT molecular complexity index is 999. The Hall–Kier alpha value is -3.42. The maximum Gasteiger partial charge on any atom is 0.549 e. The van der Waals surface area contributed by atoms with E-state index in [1.54, 1.807) is 57.2 Å². The third-order valence-electron chi connectivity index (χ3n) is 4.64. The van der Waals surface area contributed by atoms with Gasteiger partial charge in [-0.25, -0.2) is 9.59 Å². The van der Waals surface area contributed by atoms with Crippen molar-refractivity contribution in [1.82, 2.24) is 10.5 Å². The van der Waals surface area contributed by atoms with Gasteiger partial charge < -0.3 is 40.4 Å². The van der Waals surface area contributed by atoms with Crippen LogP contribution in [-0.2, 0) is 27.2 Å². The molecule has 1 amide bonds. The number of alkyl carbamates (subject to hydrolysis) is 1. The highest BCUT2D eigenvalue weighted by Gasteiger charge is 2.25. The largest absolute Gasteiger partial charge is 0.549 e. The molecule has 8 N–H and O–H groups in total. The van der Waals surface area contributed by atoms with Gasteiger partial charge in [0.25, 0.3) is 0 Å². The molecule has 0 unspecified atom stereocenters. The summed E-state index contributed by atoms with van der Waals surface area (Å²) in [5.41, 5.74) is 1.04. The Kier molecular flexibility index (Phi) is 12.8. The van der Waals surface area contributed by atoms with E-state index in [0.29, 0.717) is 11.0 Å². The van der Waals surface area contributed by atoms with Gasteiger partial charge in [-0.1, -0.05) is 54.6 Å².